The molecule has 0 saturated carbocycles. The van der Waals surface area contributed by atoms with Gasteiger partial charge in [0.15, 0.2) is 0 Å². The summed E-state index contributed by atoms with van der Waals surface area (Å²) in [4.78, 5) is 2.52. The van der Waals surface area contributed by atoms with Crippen molar-refractivity contribution in [3.8, 4) is 0 Å². The predicted octanol–water partition coefficient (Wildman–Crippen LogP) is 5.21. The summed E-state index contributed by atoms with van der Waals surface area (Å²) in [6, 6.07) is 4.17. The van der Waals surface area contributed by atoms with Gasteiger partial charge in [0.25, 0.3) is 0 Å². The van der Waals surface area contributed by atoms with Crippen LogP contribution in [0.25, 0.3) is 0 Å². The van der Waals surface area contributed by atoms with Crippen molar-refractivity contribution in [3.63, 3.8) is 0 Å². The van der Waals surface area contributed by atoms with Crippen molar-refractivity contribution >= 4 is 66.3 Å². The van der Waals surface area contributed by atoms with Crippen LogP contribution in [0.3, 0.4) is 0 Å². The lowest BCUT2D eigenvalue weighted by Gasteiger charge is -2.08. The van der Waals surface area contributed by atoms with Crippen molar-refractivity contribution in [2.24, 2.45) is 0 Å². The Kier molecular flexibility index (Phi) is 4.23. The minimum absolute atomic E-state index is 0.512. The largest absolute Gasteiger partial charge is 0.383 e. The molecule has 0 saturated heterocycles. The van der Waals surface area contributed by atoms with E-state index in [0.29, 0.717) is 0 Å². The number of hydrogen-bond acceptors (Lipinski definition) is 4. The highest BCUT2D eigenvalue weighted by molar-refractivity contribution is 9.12. The number of thiophene rings is 2. The van der Waals surface area contributed by atoms with Crippen LogP contribution < -0.4 is 0 Å². The highest BCUT2D eigenvalue weighted by atomic mass is 79.9. The Labute approximate surface area is 135 Å². The van der Waals surface area contributed by atoms with Crippen molar-refractivity contribution in [2.75, 3.05) is 5.75 Å². The molecule has 96 valence electrons. The van der Waals surface area contributed by atoms with Crippen LogP contribution in [-0.2, 0) is 12.2 Å². The lowest BCUT2D eigenvalue weighted by molar-refractivity contribution is 0.224. The molecule has 18 heavy (non-hydrogen) atoms. The van der Waals surface area contributed by atoms with E-state index in [4.69, 9.17) is 0 Å². The van der Waals surface area contributed by atoms with Crippen molar-refractivity contribution in [3.05, 3.63) is 40.6 Å². The standard InChI is InChI=1S/C12H10Br2OS3/c13-10-4-7(12(14)18-10)11(15)9-3-6-5-16-2-1-8(6)17-9/h3-4,11,15H,1-2,5H2. The van der Waals surface area contributed by atoms with E-state index in [1.54, 1.807) is 22.7 Å². The van der Waals surface area contributed by atoms with Gasteiger partial charge in [-0.2, -0.15) is 11.8 Å². The molecule has 1 atom stereocenters. The van der Waals surface area contributed by atoms with Crippen LogP contribution in [0.2, 0.25) is 0 Å². The SMILES string of the molecule is OC(c1cc2c(s1)CCSC2)c1cc(Br)sc1Br. The van der Waals surface area contributed by atoms with Gasteiger partial charge < -0.3 is 5.11 Å². The molecular weight excluding hydrogens is 416 g/mol. The lowest BCUT2D eigenvalue weighted by atomic mass is 10.1. The van der Waals surface area contributed by atoms with E-state index in [0.717, 1.165) is 30.2 Å². The van der Waals surface area contributed by atoms with E-state index >= 15 is 0 Å². The van der Waals surface area contributed by atoms with Crippen molar-refractivity contribution < 1.29 is 5.11 Å². The first-order valence-electron chi connectivity index (χ1n) is 5.47. The number of aliphatic hydroxyl groups excluding tert-OH is 1. The monoisotopic (exact) mass is 424 g/mol. The summed E-state index contributed by atoms with van der Waals surface area (Å²) in [6.45, 7) is 0. The first-order chi connectivity index (χ1) is 8.65. The summed E-state index contributed by atoms with van der Waals surface area (Å²) in [5.74, 6) is 2.30. The quantitative estimate of drug-likeness (QED) is 0.712. The normalized spacial score (nSPS) is 16.6. The molecule has 0 aliphatic carbocycles. The van der Waals surface area contributed by atoms with Gasteiger partial charge in [-0.15, -0.1) is 22.7 Å². The molecule has 2 aromatic rings. The number of halogens is 2. The highest BCUT2D eigenvalue weighted by Crippen LogP contribution is 2.41. The van der Waals surface area contributed by atoms with Crippen molar-refractivity contribution in [2.45, 2.75) is 18.3 Å². The van der Waals surface area contributed by atoms with Crippen LogP contribution in [0, 0.1) is 0 Å². The van der Waals surface area contributed by atoms with E-state index in [9.17, 15) is 5.11 Å². The molecule has 6 heteroatoms. The van der Waals surface area contributed by atoms with Gasteiger partial charge in [0, 0.05) is 21.1 Å². The lowest BCUT2D eigenvalue weighted by Crippen LogP contribution is -1.96. The van der Waals surface area contributed by atoms with Crippen LogP contribution in [0.1, 0.15) is 27.0 Å². The Hall–Kier alpha value is 0.670. The van der Waals surface area contributed by atoms with Gasteiger partial charge >= 0.3 is 0 Å². The Morgan fingerprint density at radius 2 is 2.06 bits per heavy atom. The topological polar surface area (TPSA) is 20.2 Å². The van der Waals surface area contributed by atoms with Crippen molar-refractivity contribution in [1.82, 2.24) is 0 Å². The zero-order valence-corrected chi connectivity index (χ0v) is 14.9. The Morgan fingerprint density at radius 3 is 2.72 bits per heavy atom. The zero-order valence-electron chi connectivity index (χ0n) is 9.28. The Balaban J connectivity index is 1.94. The maximum atomic E-state index is 10.5. The number of thioether (sulfide) groups is 1. The molecule has 1 nitrogen and oxygen atoms in total. The van der Waals surface area contributed by atoms with E-state index in [1.165, 1.54) is 16.2 Å². The Bertz CT molecular complexity index is 552. The Morgan fingerprint density at radius 1 is 1.22 bits per heavy atom. The van der Waals surface area contributed by atoms with Gasteiger partial charge in [0.2, 0.25) is 0 Å². The molecule has 0 spiro atoms. The average Bonchev–Trinajstić information content (AvgIpc) is 2.91. The zero-order chi connectivity index (χ0) is 12.7. The predicted molar refractivity (Wildman–Crippen MR) is 88.0 cm³/mol. The van der Waals surface area contributed by atoms with Gasteiger partial charge in [-0.05, 0) is 61.7 Å². The second-order valence-electron chi connectivity index (χ2n) is 4.08. The summed E-state index contributed by atoms with van der Waals surface area (Å²) < 4.78 is 2.04. The summed E-state index contributed by atoms with van der Waals surface area (Å²) >= 11 is 12.3. The maximum absolute atomic E-state index is 10.5. The summed E-state index contributed by atoms with van der Waals surface area (Å²) in [5.41, 5.74) is 2.37. The first kappa shape index (κ1) is 13.6. The van der Waals surface area contributed by atoms with E-state index in [1.807, 2.05) is 17.8 Å². The molecule has 1 aliphatic rings. The molecule has 1 unspecified atom stereocenters. The van der Waals surface area contributed by atoms with Gasteiger partial charge in [-0.3, -0.25) is 0 Å². The van der Waals surface area contributed by atoms with Crippen molar-refractivity contribution in [1.29, 1.82) is 0 Å². The van der Waals surface area contributed by atoms with Gasteiger partial charge in [-0.25, -0.2) is 0 Å². The molecular formula is C12H10Br2OS3. The molecule has 3 heterocycles. The number of aliphatic hydroxyl groups is 1. The van der Waals surface area contributed by atoms with E-state index in [-0.39, 0.29) is 0 Å². The van der Waals surface area contributed by atoms with Gasteiger partial charge in [0.1, 0.15) is 6.10 Å². The highest BCUT2D eigenvalue weighted by Gasteiger charge is 2.21. The molecule has 2 aromatic heterocycles. The van der Waals surface area contributed by atoms with Gasteiger partial charge in [0.05, 0.1) is 7.57 Å². The first-order valence-corrected chi connectivity index (χ1v) is 9.84. The molecule has 0 aromatic carbocycles. The van der Waals surface area contributed by atoms with Gasteiger partial charge in [-0.1, -0.05) is 0 Å². The van der Waals surface area contributed by atoms with Crippen LogP contribution >= 0.6 is 66.3 Å². The third kappa shape index (κ3) is 2.60. The third-order valence-corrected chi connectivity index (χ3v) is 7.58. The molecule has 3 rings (SSSR count). The second-order valence-corrected chi connectivity index (χ2v) is 10.1. The molecule has 1 N–H and O–H groups in total. The number of hydrogen-bond donors (Lipinski definition) is 1. The van der Waals surface area contributed by atoms with Crippen LogP contribution in [0.4, 0.5) is 0 Å². The fourth-order valence-electron chi connectivity index (χ4n) is 2.00. The number of aryl methyl sites for hydroxylation is 1. The second kappa shape index (κ2) is 5.58. The maximum Gasteiger partial charge on any atom is 0.115 e. The third-order valence-electron chi connectivity index (χ3n) is 2.89. The molecule has 1 aliphatic heterocycles. The average molecular weight is 426 g/mol. The van der Waals surface area contributed by atoms with Crippen LogP contribution in [0.15, 0.2) is 19.7 Å². The molecule has 0 fully saturated rings. The molecule has 0 amide bonds. The number of rotatable bonds is 2. The summed E-state index contributed by atoms with van der Waals surface area (Å²) in [6.07, 6.45) is 0.633. The number of fused-ring (bicyclic) bond motifs is 1. The summed E-state index contributed by atoms with van der Waals surface area (Å²) in [5, 5.41) is 10.5. The molecule has 0 radical (unpaired) electrons. The summed E-state index contributed by atoms with van der Waals surface area (Å²) in [7, 11) is 0. The minimum atomic E-state index is -0.512. The van der Waals surface area contributed by atoms with E-state index < -0.39 is 6.10 Å². The smallest absolute Gasteiger partial charge is 0.115 e. The van der Waals surface area contributed by atoms with E-state index in [2.05, 4.69) is 37.9 Å². The van der Waals surface area contributed by atoms with Crippen LogP contribution in [0.5, 0.6) is 0 Å². The fraction of sp³-hybridized carbons (Fsp3) is 0.333. The molecule has 0 bridgehead atoms. The fourth-order valence-corrected chi connectivity index (χ4v) is 7.26. The van der Waals surface area contributed by atoms with Crippen LogP contribution in [-0.4, -0.2) is 10.9 Å². The minimum Gasteiger partial charge on any atom is -0.383 e.